The van der Waals surface area contributed by atoms with Crippen LogP contribution in [0, 0.1) is 11.3 Å². The van der Waals surface area contributed by atoms with E-state index in [0.29, 0.717) is 17.9 Å². The summed E-state index contributed by atoms with van der Waals surface area (Å²) in [6.07, 6.45) is 2.69. The molecule has 122 valence electrons. The number of aromatic nitrogens is 2. The first-order chi connectivity index (χ1) is 12.2. The average Bonchev–Trinajstić information content (AvgIpc) is 2.68. The predicted octanol–water partition coefficient (Wildman–Crippen LogP) is 3.07. The third kappa shape index (κ3) is 4.39. The molecule has 0 bridgehead atoms. The number of carbonyl (C=O) groups is 1. The van der Waals surface area contributed by atoms with Crippen molar-refractivity contribution >= 4 is 5.91 Å². The van der Waals surface area contributed by atoms with E-state index in [-0.39, 0.29) is 17.5 Å². The maximum atomic E-state index is 12.3. The van der Waals surface area contributed by atoms with Crippen LogP contribution in [0.5, 0.6) is 11.6 Å². The van der Waals surface area contributed by atoms with Crippen LogP contribution in [0.3, 0.4) is 0 Å². The molecular weight excluding hydrogens is 316 g/mol. The number of benzene rings is 2. The van der Waals surface area contributed by atoms with Gasteiger partial charge in [0.15, 0.2) is 5.69 Å². The number of hydrogen-bond acceptors (Lipinski definition) is 5. The Morgan fingerprint density at radius 2 is 1.92 bits per heavy atom. The highest BCUT2D eigenvalue weighted by molar-refractivity contribution is 5.94. The summed E-state index contributed by atoms with van der Waals surface area (Å²) in [4.78, 5) is 20.1. The van der Waals surface area contributed by atoms with Crippen molar-refractivity contribution in [3.8, 4) is 17.7 Å². The van der Waals surface area contributed by atoms with Crippen molar-refractivity contribution < 1.29 is 9.53 Å². The Labute approximate surface area is 144 Å². The van der Waals surface area contributed by atoms with E-state index < -0.39 is 0 Å². The number of ether oxygens (including phenoxy) is 1. The molecule has 0 radical (unpaired) electrons. The molecule has 0 spiro atoms. The molecule has 0 aliphatic rings. The van der Waals surface area contributed by atoms with Crippen LogP contribution in [-0.4, -0.2) is 15.9 Å². The zero-order valence-corrected chi connectivity index (χ0v) is 13.2. The van der Waals surface area contributed by atoms with Crippen molar-refractivity contribution in [1.29, 1.82) is 5.26 Å². The molecule has 2 aromatic carbocycles. The lowest BCUT2D eigenvalue weighted by Crippen LogP contribution is -2.22. The van der Waals surface area contributed by atoms with Crippen LogP contribution >= 0.6 is 0 Å². The smallest absolute Gasteiger partial charge is 0.251 e. The van der Waals surface area contributed by atoms with Crippen molar-refractivity contribution in [2.24, 2.45) is 0 Å². The van der Waals surface area contributed by atoms with Gasteiger partial charge in [0.2, 0.25) is 5.88 Å². The van der Waals surface area contributed by atoms with Crippen LogP contribution < -0.4 is 10.1 Å². The first-order valence-corrected chi connectivity index (χ1v) is 7.57. The third-order valence-corrected chi connectivity index (χ3v) is 3.36. The van der Waals surface area contributed by atoms with Gasteiger partial charge in [-0.1, -0.05) is 36.4 Å². The minimum Gasteiger partial charge on any atom is -0.437 e. The highest BCUT2D eigenvalue weighted by atomic mass is 16.5. The summed E-state index contributed by atoms with van der Waals surface area (Å²) in [6.45, 7) is 0.450. The summed E-state index contributed by atoms with van der Waals surface area (Å²) in [5, 5.41) is 11.6. The zero-order valence-electron chi connectivity index (χ0n) is 13.2. The Hall–Kier alpha value is -3.72. The van der Waals surface area contributed by atoms with Crippen LogP contribution in [0.2, 0.25) is 0 Å². The van der Waals surface area contributed by atoms with Crippen LogP contribution in [0.1, 0.15) is 21.6 Å². The first-order valence-electron chi connectivity index (χ1n) is 7.57. The van der Waals surface area contributed by atoms with E-state index in [1.807, 2.05) is 36.4 Å². The van der Waals surface area contributed by atoms with Crippen LogP contribution in [-0.2, 0) is 6.54 Å². The molecule has 25 heavy (non-hydrogen) atoms. The maximum Gasteiger partial charge on any atom is 0.251 e. The molecule has 1 N–H and O–H groups in total. The molecule has 0 unspecified atom stereocenters. The molecule has 0 saturated carbocycles. The highest BCUT2D eigenvalue weighted by Crippen LogP contribution is 2.19. The summed E-state index contributed by atoms with van der Waals surface area (Å²) in [5.74, 6) is 0.521. The van der Waals surface area contributed by atoms with E-state index in [0.717, 1.165) is 5.56 Å². The Kier molecular flexibility index (Phi) is 4.98. The number of rotatable bonds is 5. The number of nitriles is 1. The Bertz CT molecular complexity index is 903. The van der Waals surface area contributed by atoms with Crippen molar-refractivity contribution in [3.05, 3.63) is 83.8 Å². The summed E-state index contributed by atoms with van der Waals surface area (Å²) in [6, 6.07) is 18.3. The van der Waals surface area contributed by atoms with Gasteiger partial charge in [-0.2, -0.15) is 5.26 Å². The van der Waals surface area contributed by atoms with E-state index in [2.05, 4.69) is 15.3 Å². The number of carbonyl (C=O) groups excluding carboxylic acids is 1. The third-order valence-electron chi connectivity index (χ3n) is 3.36. The predicted molar refractivity (Wildman–Crippen MR) is 90.9 cm³/mol. The Morgan fingerprint density at radius 1 is 1.08 bits per heavy atom. The molecule has 1 aromatic heterocycles. The molecule has 3 rings (SSSR count). The molecule has 0 aliphatic heterocycles. The second kappa shape index (κ2) is 7.70. The van der Waals surface area contributed by atoms with E-state index in [1.165, 1.54) is 12.4 Å². The summed E-state index contributed by atoms with van der Waals surface area (Å²) < 4.78 is 5.57. The number of hydrogen-bond donors (Lipinski definition) is 1. The molecule has 0 saturated heterocycles. The standard InChI is InChI=1S/C19H14N4O2/c20-10-16-12-22-18(13-21-16)25-17-8-4-7-15(9-17)19(24)23-11-14-5-2-1-3-6-14/h1-9,12-13H,11H2,(H,23,24). The van der Waals surface area contributed by atoms with E-state index in [4.69, 9.17) is 10.00 Å². The maximum absolute atomic E-state index is 12.3. The van der Waals surface area contributed by atoms with Crippen LogP contribution in [0.15, 0.2) is 67.0 Å². The average molecular weight is 330 g/mol. The molecule has 3 aromatic rings. The highest BCUT2D eigenvalue weighted by Gasteiger charge is 2.08. The van der Waals surface area contributed by atoms with Crippen LogP contribution in [0.4, 0.5) is 0 Å². The van der Waals surface area contributed by atoms with Gasteiger partial charge in [0.1, 0.15) is 11.8 Å². The number of nitrogens with zero attached hydrogens (tertiary/aromatic N) is 3. The zero-order chi connectivity index (χ0) is 17.5. The van der Waals surface area contributed by atoms with Gasteiger partial charge in [-0.3, -0.25) is 4.79 Å². The molecule has 6 nitrogen and oxygen atoms in total. The van der Waals surface area contributed by atoms with Gasteiger partial charge in [-0.05, 0) is 23.8 Å². The fraction of sp³-hybridized carbons (Fsp3) is 0.0526. The molecule has 1 heterocycles. The van der Waals surface area contributed by atoms with E-state index in [1.54, 1.807) is 24.3 Å². The van der Waals surface area contributed by atoms with E-state index in [9.17, 15) is 4.79 Å². The topological polar surface area (TPSA) is 87.9 Å². The van der Waals surface area contributed by atoms with Crippen molar-refractivity contribution in [2.45, 2.75) is 6.54 Å². The molecule has 6 heteroatoms. The van der Waals surface area contributed by atoms with Gasteiger partial charge < -0.3 is 10.1 Å². The minimum absolute atomic E-state index is 0.194. The van der Waals surface area contributed by atoms with Crippen molar-refractivity contribution in [1.82, 2.24) is 15.3 Å². The van der Waals surface area contributed by atoms with Crippen LogP contribution in [0.25, 0.3) is 0 Å². The monoisotopic (exact) mass is 330 g/mol. The Morgan fingerprint density at radius 3 is 2.64 bits per heavy atom. The fourth-order valence-electron chi connectivity index (χ4n) is 2.13. The fourth-order valence-corrected chi connectivity index (χ4v) is 2.13. The van der Waals surface area contributed by atoms with Gasteiger partial charge >= 0.3 is 0 Å². The molecule has 0 atom stereocenters. The first kappa shape index (κ1) is 16.1. The Balaban J connectivity index is 1.66. The minimum atomic E-state index is -0.194. The lowest BCUT2D eigenvalue weighted by Gasteiger charge is -2.08. The van der Waals surface area contributed by atoms with Gasteiger partial charge in [0.25, 0.3) is 5.91 Å². The lowest BCUT2D eigenvalue weighted by molar-refractivity contribution is 0.0950. The normalized spacial score (nSPS) is 9.88. The van der Waals surface area contributed by atoms with Gasteiger partial charge in [-0.15, -0.1) is 0 Å². The number of amides is 1. The quantitative estimate of drug-likeness (QED) is 0.777. The number of nitrogens with one attached hydrogen (secondary N) is 1. The molecule has 0 aliphatic carbocycles. The molecule has 0 fully saturated rings. The van der Waals surface area contributed by atoms with Gasteiger partial charge in [0, 0.05) is 12.1 Å². The second-order valence-corrected chi connectivity index (χ2v) is 5.15. The molecular formula is C19H14N4O2. The SMILES string of the molecule is N#Cc1cnc(Oc2cccc(C(=O)NCc3ccccc3)c2)cn1. The van der Waals surface area contributed by atoms with Crippen molar-refractivity contribution in [3.63, 3.8) is 0 Å². The largest absolute Gasteiger partial charge is 0.437 e. The van der Waals surface area contributed by atoms with E-state index >= 15 is 0 Å². The lowest BCUT2D eigenvalue weighted by atomic mass is 10.2. The summed E-state index contributed by atoms with van der Waals surface area (Å²) >= 11 is 0. The second-order valence-electron chi connectivity index (χ2n) is 5.15. The summed E-state index contributed by atoms with van der Waals surface area (Å²) in [5.41, 5.74) is 1.72. The van der Waals surface area contributed by atoms with Gasteiger partial charge in [-0.25, -0.2) is 9.97 Å². The summed E-state index contributed by atoms with van der Waals surface area (Å²) in [7, 11) is 0. The van der Waals surface area contributed by atoms with Crippen molar-refractivity contribution in [2.75, 3.05) is 0 Å². The molecule has 1 amide bonds. The van der Waals surface area contributed by atoms with Gasteiger partial charge in [0.05, 0.1) is 12.4 Å².